The van der Waals surface area contributed by atoms with E-state index in [1.54, 1.807) is 7.11 Å². The molecule has 3 rings (SSSR count). The van der Waals surface area contributed by atoms with Gasteiger partial charge in [0.1, 0.15) is 5.75 Å². The Morgan fingerprint density at radius 3 is 2.74 bits per heavy atom. The van der Waals surface area contributed by atoms with Crippen molar-refractivity contribution in [3.8, 4) is 5.75 Å². The summed E-state index contributed by atoms with van der Waals surface area (Å²) in [5, 5.41) is 10.6. The van der Waals surface area contributed by atoms with Gasteiger partial charge in [-0.05, 0) is 43.4 Å². The predicted octanol–water partition coefficient (Wildman–Crippen LogP) is 2.98. The number of piperidine rings is 1. The summed E-state index contributed by atoms with van der Waals surface area (Å²) in [6, 6.07) is 8.29. The minimum absolute atomic E-state index is 0.103. The summed E-state index contributed by atoms with van der Waals surface area (Å²) >= 11 is 0. The van der Waals surface area contributed by atoms with E-state index in [0.717, 1.165) is 57.5 Å². The minimum Gasteiger partial charge on any atom is -0.497 e. The van der Waals surface area contributed by atoms with Crippen molar-refractivity contribution in [1.82, 2.24) is 4.90 Å². The first-order valence-corrected chi connectivity index (χ1v) is 8.78. The smallest absolute Gasteiger partial charge is 0.119 e. The highest BCUT2D eigenvalue weighted by atomic mass is 16.5. The second kappa shape index (κ2) is 6.80. The summed E-state index contributed by atoms with van der Waals surface area (Å²) in [6.45, 7) is 5.77. The average Bonchev–Trinajstić information content (AvgIpc) is 2.57. The van der Waals surface area contributed by atoms with Crippen LogP contribution in [0.3, 0.4) is 0 Å². The summed E-state index contributed by atoms with van der Waals surface area (Å²) in [6.07, 6.45) is 4.42. The second-order valence-electron chi connectivity index (χ2n) is 7.16. The molecule has 1 aromatic carbocycles. The van der Waals surface area contributed by atoms with E-state index < -0.39 is 5.60 Å². The number of hydrogen-bond acceptors (Lipinski definition) is 4. The fourth-order valence-corrected chi connectivity index (χ4v) is 3.97. The zero-order chi connectivity index (χ0) is 16.3. The molecule has 23 heavy (non-hydrogen) atoms. The zero-order valence-electron chi connectivity index (χ0n) is 14.4. The number of hydrogen-bond donors (Lipinski definition) is 1. The molecule has 128 valence electrons. The van der Waals surface area contributed by atoms with E-state index in [-0.39, 0.29) is 5.60 Å². The number of ether oxygens (including phenoxy) is 2. The van der Waals surface area contributed by atoms with E-state index in [1.165, 1.54) is 5.56 Å². The van der Waals surface area contributed by atoms with Crippen LogP contribution >= 0.6 is 0 Å². The van der Waals surface area contributed by atoms with Gasteiger partial charge in [0.2, 0.25) is 0 Å². The van der Waals surface area contributed by atoms with E-state index in [2.05, 4.69) is 24.0 Å². The Morgan fingerprint density at radius 2 is 2.04 bits per heavy atom. The Balaban J connectivity index is 1.57. The van der Waals surface area contributed by atoms with E-state index in [4.69, 9.17) is 9.47 Å². The van der Waals surface area contributed by atoms with Gasteiger partial charge < -0.3 is 14.6 Å². The molecule has 2 saturated heterocycles. The SMILES string of the molecule is CCC1(O)CCOC2(CCN(Cc3cccc(OC)c3)CC2)C1. The van der Waals surface area contributed by atoms with Crippen LogP contribution in [-0.4, -0.2) is 48.0 Å². The average molecular weight is 319 g/mol. The molecule has 0 amide bonds. The van der Waals surface area contributed by atoms with Crippen molar-refractivity contribution in [2.45, 2.75) is 56.8 Å². The van der Waals surface area contributed by atoms with Gasteiger partial charge in [-0.25, -0.2) is 0 Å². The molecular weight excluding hydrogens is 290 g/mol. The molecule has 1 unspecified atom stereocenters. The Labute approximate surface area is 139 Å². The lowest BCUT2D eigenvalue weighted by Crippen LogP contribution is -2.54. The van der Waals surface area contributed by atoms with Gasteiger partial charge in [-0.2, -0.15) is 0 Å². The highest BCUT2D eigenvalue weighted by Crippen LogP contribution is 2.41. The van der Waals surface area contributed by atoms with Crippen LogP contribution in [-0.2, 0) is 11.3 Å². The maximum Gasteiger partial charge on any atom is 0.119 e. The highest BCUT2D eigenvalue weighted by molar-refractivity contribution is 5.28. The first-order chi connectivity index (χ1) is 11.1. The molecule has 4 heteroatoms. The summed E-state index contributed by atoms with van der Waals surface area (Å²) < 4.78 is 11.4. The molecule has 0 aromatic heterocycles. The van der Waals surface area contributed by atoms with E-state index in [9.17, 15) is 5.11 Å². The van der Waals surface area contributed by atoms with Gasteiger partial charge in [-0.15, -0.1) is 0 Å². The van der Waals surface area contributed by atoms with Gasteiger partial charge >= 0.3 is 0 Å². The first-order valence-electron chi connectivity index (χ1n) is 8.78. The third-order valence-electron chi connectivity index (χ3n) is 5.59. The zero-order valence-corrected chi connectivity index (χ0v) is 14.4. The molecule has 0 aliphatic carbocycles. The van der Waals surface area contributed by atoms with Gasteiger partial charge in [-0.1, -0.05) is 19.1 Å². The third-order valence-corrected chi connectivity index (χ3v) is 5.59. The molecule has 4 nitrogen and oxygen atoms in total. The van der Waals surface area contributed by atoms with Crippen molar-refractivity contribution in [1.29, 1.82) is 0 Å². The van der Waals surface area contributed by atoms with Crippen LogP contribution < -0.4 is 4.74 Å². The molecule has 1 aromatic rings. The van der Waals surface area contributed by atoms with Crippen molar-refractivity contribution >= 4 is 0 Å². The fraction of sp³-hybridized carbons (Fsp3) is 0.684. The fourth-order valence-electron chi connectivity index (χ4n) is 3.97. The van der Waals surface area contributed by atoms with Crippen molar-refractivity contribution in [2.24, 2.45) is 0 Å². The molecule has 1 spiro atoms. The Kier molecular flexibility index (Phi) is 4.95. The maximum atomic E-state index is 10.6. The number of rotatable bonds is 4. The van der Waals surface area contributed by atoms with Crippen molar-refractivity contribution in [3.05, 3.63) is 29.8 Å². The normalized spacial score (nSPS) is 28.0. The second-order valence-corrected chi connectivity index (χ2v) is 7.16. The van der Waals surface area contributed by atoms with Crippen molar-refractivity contribution in [3.63, 3.8) is 0 Å². The molecule has 1 atom stereocenters. The van der Waals surface area contributed by atoms with Crippen LogP contribution in [0.4, 0.5) is 0 Å². The quantitative estimate of drug-likeness (QED) is 0.926. The number of methoxy groups -OCH3 is 1. The summed E-state index contributed by atoms with van der Waals surface area (Å²) in [5.74, 6) is 0.916. The van der Waals surface area contributed by atoms with E-state index >= 15 is 0 Å². The van der Waals surface area contributed by atoms with Crippen molar-refractivity contribution in [2.75, 3.05) is 26.8 Å². The van der Waals surface area contributed by atoms with Crippen LogP contribution in [0.25, 0.3) is 0 Å². The minimum atomic E-state index is -0.521. The van der Waals surface area contributed by atoms with Gasteiger partial charge in [0.15, 0.2) is 0 Å². The summed E-state index contributed by atoms with van der Waals surface area (Å²) in [7, 11) is 1.71. The lowest BCUT2D eigenvalue weighted by atomic mass is 9.76. The highest BCUT2D eigenvalue weighted by Gasteiger charge is 2.45. The number of likely N-dealkylation sites (tertiary alicyclic amines) is 1. The lowest BCUT2D eigenvalue weighted by Gasteiger charge is -2.49. The Bertz CT molecular complexity index is 525. The molecule has 0 radical (unpaired) electrons. The van der Waals surface area contributed by atoms with Crippen molar-refractivity contribution < 1.29 is 14.6 Å². The van der Waals surface area contributed by atoms with Gasteiger partial charge in [0.05, 0.1) is 24.9 Å². The number of benzene rings is 1. The molecule has 2 fully saturated rings. The first kappa shape index (κ1) is 16.7. The molecular formula is C19H29NO3. The van der Waals surface area contributed by atoms with E-state index in [0.29, 0.717) is 6.61 Å². The molecule has 1 N–H and O–H groups in total. The van der Waals surface area contributed by atoms with Crippen LogP contribution in [0.5, 0.6) is 5.75 Å². The standard InChI is InChI=1S/C19H29NO3/c1-3-18(21)9-12-23-19(15-18)7-10-20(11-8-19)14-16-5-4-6-17(13-16)22-2/h4-6,13,21H,3,7-12,14-15H2,1-2H3. The third kappa shape index (κ3) is 3.87. The molecule has 0 saturated carbocycles. The maximum absolute atomic E-state index is 10.6. The monoisotopic (exact) mass is 319 g/mol. The van der Waals surface area contributed by atoms with E-state index in [1.807, 2.05) is 12.1 Å². The summed E-state index contributed by atoms with van der Waals surface area (Å²) in [5.41, 5.74) is 0.663. The number of aliphatic hydroxyl groups is 1. The molecule has 2 aliphatic heterocycles. The topological polar surface area (TPSA) is 41.9 Å². The predicted molar refractivity (Wildman–Crippen MR) is 90.7 cm³/mol. The number of nitrogens with zero attached hydrogens (tertiary/aromatic N) is 1. The van der Waals surface area contributed by atoms with Crippen LogP contribution in [0.15, 0.2) is 24.3 Å². The largest absolute Gasteiger partial charge is 0.497 e. The molecule has 2 heterocycles. The summed E-state index contributed by atoms with van der Waals surface area (Å²) in [4.78, 5) is 2.48. The van der Waals surface area contributed by atoms with Gasteiger partial charge in [0.25, 0.3) is 0 Å². The Morgan fingerprint density at radius 1 is 1.26 bits per heavy atom. The van der Waals surface area contributed by atoms with Crippen LogP contribution in [0, 0.1) is 0 Å². The molecule has 0 bridgehead atoms. The Hall–Kier alpha value is -1.10. The lowest BCUT2D eigenvalue weighted by molar-refractivity contribution is -0.179. The van der Waals surface area contributed by atoms with Gasteiger partial charge in [0, 0.05) is 26.1 Å². The van der Waals surface area contributed by atoms with Gasteiger partial charge in [-0.3, -0.25) is 4.90 Å². The molecule has 2 aliphatic rings. The van der Waals surface area contributed by atoms with Crippen LogP contribution in [0.2, 0.25) is 0 Å². The van der Waals surface area contributed by atoms with Crippen LogP contribution in [0.1, 0.15) is 44.6 Å².